The summed E-state index contributed by atoms with van der Waals surface area (Å²) in [5, 5.41) is 19.2. The Hall–Kier alpha value is -4.66. The number of nitrogens with zero attached hydrogens (tertiary/aromatic N) is 1. The minimum absolute atomic E-state index is 0.0400. The summed E-state index contributed by atoms with van der Waals surface area (Å²) in [5.41, 5.74) is 3.34. The average Bonchev–Trinajstić information content (AvgIpc) is 3.28. The zero-order chi connectivity index (χ0) is 29.2. The molecule has 0 aliphatic carbocycles. The van der Waals surface area contributed by atoms with E-state index in [4.69, 9.17) is 14.6 Å². The number of carboxylic acid groups (broad SMARTS) is 2. The summed E-state index contributed by atoms with van der Waals surface area (Å²) < 4.78 is 40.1. The SMILES string of the molecule is O=C(O)CCCn1cc(CC(=O)O)c2c(/C=C/c3ccc(OCCCCOc4c(F)cccc4F)cc3)cccc21. The Balaban J connectivity index is 1.34. The molecule has 0 radical (unpaired) electrons. The van der Waals surface area contributed by atoms with Crippen LogP contribution in [0.5, 0.6) is 11.5 Å². The molecular weight excluding hydrogens is 532 g/mol. The highest BCUT2D eigenvalue weighted by atomic mass is 19.1. The second-order valence-electron chi connectivity index (χ2n) is 9.51. The van der Waals surface area contributed by atoms with Gasteiger partial charge in [-0.2, -0.15) is 0 Å². The number of aryl methyl sites for hydroxylation is 1. The molecule has 0 fully saturated rings. The largest absolute Gasteiger partial charge is 0.494 e. The van der Waals surface area contributed by atoms with Gasteiger partial charge in [-0.05, 0) is 66.3 Å². The summed E-state index contributed by atoms with van der Waals surface area (Å²) in [6.45, 7) is 1.09. The number of ether oxygens (including phenoxy) is 2. The van der Waals surface area contributed by atoms with Gasteiger partial charge in [0.05, 0.1) is 19.6 Å². The van der Waals surface area contributed by atoms with Crippen molar-refractivity contribution in [3.8, 4) is 11.5 Å². The van der Waals surface area contributed by atoms with Crippen molar-refractivity contribution < 1.29 is 38.1 Å². The number of hydrogen-bond donors (Lipinski definition) is 2. The first-order chi connectivity index (χ1) is 19.8. The molecule has 3 aromatic carbocycles. The smallest absolute Gasteiger partial charge is 0.307 e. The van der Waals surface area contributed by atoms with Crippen LogP contribution in [0.2, 0.25) is 0 Å². The van der Waals surface area contributed by atoms with Gasteiger partial charge in [0.1, 0.15) is 5.75 Å². The Kier molecular flexibility index (Phi) is 10.1. The third kappa shape index (κ3) is 8.17. The molecule has 0 unspecified atom stereocenters. The van der Waals surface area contributed by atoms with Gasteiger partial charge >= 0.3 is 11.9 Å². The Morgan fingerprint density at radius 1 is 0.805 bits per heavy atom. The van der Waals surface area contributed by atoms with Crippen LogP contribution in [0.3, 0.4) is 0 Å². The molecule has 214 valence electrons. The number of hydrogen-bond acceptors (Lipinski definition) is 4. The Morgan fingerprint density at radius 3 is 2.17 bits per heavy atom. The standard InChI is InChI=1S/C32H31F2NO6/c33-26-7-4-8-27(34)32(26)41-19-2-1-18-40-25-15-12-22(13-16-25)11-14-23-6-3-9-28-31(23)24(20-30(38)39)21-35(28)17-5-10-29(36)37/h3-4,6-9,11-16,21H,1-2,5,10,17-20H2,(H,36,37)(H,38,39)/b14-11+. The molecular formula is C32H31F2NO6. The first kappa shape index (κ1) is 29.3. The molecule has 0 spiro atoms. The number of rotatable bonds is 15. The summed E-state index contributed by atoms with van der Waals surface area (Å²) in [6, 6.07) is 16.8. The minimum atomic E-state index is -0.935. The van der Waals surface area contributed by atoms with Crippen molar-refractivity contribution in [3.05, 3.63) is 95.2 Å². The van der Waals surface area contributed by atoms with Crippen molar-refractivity contribution in [1.29, 1.82) is 0 Å². The van der Waals surface area contributed by atoms with Crippen LogP contribution in [-0.2, 0) is 22.6 Å². The fourth-order valence-electron chi connectivity index (χ4n) is 4.54. The first-order valence-corrected chi connectivity index (χ1v) is 13.3. The van der Waals surface area contributed by atoms with Gasteiger partial charge in [0.15, 0.2) is 17.4 Å². The van der Waals surface area contributed by atoms with E-state index >= 15 is 0 Å². The topological polar surface area (TPSA) is 98.0 Å². The zero-order valence-corrected chi connectivity index (χ0v) is 22.4. The predicted octanol–water partition coefficient (Wildman–Crippen LogP) is 6.82. The van der Waals surface area contributed by atoms with Crippen molar-refractivity contribution in [2.75, 3.05) is 13.2 Å². The van der Waals surface area contributed by atoms with Crippen molar-refractivity contribution in [2.24, 2.45) is 0 Å². The predicted molar refractivity (Wildman–Crippen MR) is 152 cm³/mol. The number of aromatic nitrogens is 1. The van der Waals surface area contributed by atoms with Gasteiger partial charge in [0.2, 0.25) is 0 Å². The van der Waals surface area contributed by atoms with E-state index in [1.807, 2.05) is 59.2 Å². The van der Waals surface area contributed by atoms with Crippen LogP contribution < -0.4 is 9.47 Å². The minimum Gasteiger partial charge on any atom is -0.494 e. The molecule has 0 saturated heterocycles. The van der Waals surface area contributed by atoms with Crippen LogP contribution in [0, 0.1) is 11.6 Å². The van der Waals surface area contributed by atoms with Gasteiger partial charge in [0.25, 0.3) is 0 Å². The zero-order valence-electron chi connectivity index (χ0n) is 22.4. The molecule has 1 heterocycles. The third-order valence-electron chi connectivity index (χ3n) is 6.46. The molecule has 0 saturated carbocycles. The number of para-hydroxylation sites is 1. The molecule has 0 atom stereocenters. The molecule has 41 heavy (non-hydrogen) atoms. The summed E-state index contributed by atoms with van der Waals surface area (Å²) in [7, 11) is 0. The Bertz CT molecular complexity index is 1510. The molecule has 4 aromatic rings. The monoisotopic (exact) mass is 563 g/mol. The van der Waals surface area contributed by atoms with Crippen LogP contribution in [0.25, 0.3) is 23.1 Å². The normalized spacial score (nSPS) is 11.3. The van der Waals surface area contributed by atoms with Crippen molar-refractivity contribution >= 4 is 35.0 Å². The molecule has 1 aromatic heterocycles. The third-order valence-corrected chi connectivity index (χ3v) is 6.46. The van der Waals surface area contributed by atoms with Crippen LogP contribution in [0.15, 0.2) is 66.9 Å². The van der Waals surface area contributed by atoms with Gasteiger partial charge < -0.3 is 24.3 Å². The number of unbranched alkanes of at least 4 members (excludes halogenated alkanes) is 1. The number of carbonyl (C=O) groups is 2. The fraction of sp³-hybridized carbons (Fsp3) is 0.250. The van der Waals surface area contributed by atoms with Crippen LogP contribution in [-0.4, -0.2) is 39.9 Å². The van der Waals surface area contributed by atoms with Crippen LogP contribution >= 0.6 is 0 Å². The van der Waals surface area contributed by atoms with E-state index in [-0.39, 0.29) is 25.2 Å². The van der Waals surface area contributed by atoms with E-state index < -0.39 is 23.6 Å². The highest BCUT2D eigenvalue weighted by Gasteiger charge is 2.14. The van der Waals surface area contributed by atoms with Crippen molar-refractivity contribution in [3.63, 3.8) is 0 Å². The van der Waals surface area contributed by atoms with Gasteiger partial charge in [-0.3, -0.25) is 9.59 Å². The lowest BCUT2D eigenvalue weighted by atomic mass is 10.0. The summed E-state index contributed by atoms with van der Waals surface area (Å²) in [5.74, 6) is -2.92. The van der Waals surface area contributed by atoms with Crippen LogP contribution in [0.1, 0.15) is 42.4 Å². The number of carboxylic acids is 2. The van der Waals surface area contributed by atoms with Gasteiger partial charge in [-0.25, -0.2) is 8.78 Å². The van der Waals surface area contributed by atoms with Gasteiger partial charge in [0, 0.05) is 30.1 Å². The van der Waals surface area contributed by atoms with E-state index in [0.29, 0.717) is 43.7 Å². The average molecular weight is 564 g/mol. The molecule has 4 rings (SSSR count). The van der Waals surface area contributed by atoms with Crippen LogP contribution in [0.4, 0.5) is 8.78 Å². The van der Waals surface area contributed by atoms with E-state index in [1.54, 1.807) is 6.20 Å². The van der Waals surface area contributed by atoms with E-state index in [0.717, 1.165) is 34.2 Å². The maximum Gasteiger partial charge on any atom is 0.307 e. The molecule has 0 aliphatic heterocycles. The lowest BCUT2D eigenvalue weighted by Crippen LogP contribution is -2.04. The summed E-state index contributed by atoms with van der Waals surface area (Å²) in [6.07, 6.45) is 7.25. The first-order valence-electron chi connectivity index (χ1n) is 13.3. The highest BCUT2D eigenvalue weighted by Crippen LogP contribution is 2.28. The lowest BCUT2D eigenvalue weighted by molar-refractivity contribution is -0.137. The van der Waals surface area contributed by atoms with E-state index in [2.05, 4.69) is 0 Å². The molecule has 7 nitrogen and oxygen atoms in total. The maximum absolute atomic E-state index is 13.6. The van der Waals surface area contributed by atoms with Gasteiger partial charge in [-0.15, -0.1) is 0 Å². The number of benzene rings is 3. The molecule has 0 aliphatic rings. The lowest BCUT2D eigenvalue weighted by Gasteiger charge is -2.09. The summed E-state index contributed by atoms with van der Waals surface area (Å²) >= 11 is 0. The molecule has 9 heteroatoms. The molecule has 2 N–H and O–H groups in total. The quantitative estimate of drug-likeness (QED) is 0.122. The number of aliphatic carboxylic acids is 2. The Morgan fingerprint density at radius 2 is 1.49 bits per heavy atom. The molecule has 0 bridgehead atoms. The van der Waals surface area contributed by atoms with Gasteiger partial charge in [-0.1, -0.05) is 42.5 Å². The van der Waals surface area contributed by atoms with Crippen molar-refractivity contribution in [1.82, 2.24) is 4.57 Å². The second kappa shape index (κ2) is 14.1. The number of fused-ring (bicyclic) bond motifs is 1. The second-order valence-corrected chi connectivity index (χ2v) is 9.51. The highest BCUT2D eigenvalue weighted by molar-refractivity contribution is 5.96. The van der Waals surface area contributed by atoms with E-state index in [9.17, 15) is 23.5 Å². The fourth-order valence-corrected chi connectivity index (χ4v) is 4.54. The van der Waals surface area contributed by atoms with Crippen molar-refractivity contribution in [2.45, 2.75) is 38.6 Å². The Labute approximate surface area is 236 Å². The van der Waals surface area contributed by atoms with E-state index in [1.165, 1.54) is 6.07 Å². The number of halogens is 2. The molecule has 0 amide bonds. The summed E-state index contributed by atoms with van der Waals surface area (Å²) in [4.78, 5) is 22.4. The maximum atomic E-state index is 13.6.